The highest BCUT2D eigenvalue weighted by atomic mass is 16.5. The fourth-order valence-electron chi connectivity index (χ4n) is 2.47. The molecule has 2 aromatic heterocycles. The first kappa shape index (κ1) is 14.5. The molecule has 2 aromatic rings. The molecule has 1 aliphatic rings. The number of hydrogen-bond acceptors (Lipinski definition) is 5. The van der Waals surface area contributed by atoms with Gasteiger partial charge in [0, 0.05) is 37.7 Å². The van der Waals surface area contributed by atoms with Gasteiger partial charge < -0.3 is 19.2 Å². The second-order valence-corrected chi connectivity index (χ2v) is 5.24. The van der Waals surface area contributed by atoms with Crippen LogP contribution in [0.2, 0.25) is 0 Å². The number of morpholine rings is 1. The van der Waals surface area contributed by atoms with E-state index in [2.05, 4.69) is 15.0 Å². The highest BCUT2D eigenvalue weighted by molar-refractivity contribution is 5.90. The number of hydrogen-bond donors (Lipinski definition) is 1. The van der Waals surface area contributed by atoms with E-state index in [-0.39, 0.29) is 11.5 Å². The second kappa shape index (κ2) is 5.72. The molecule has 1 amide bonds. The van der Waals surface area contributed by atoms with Gasteiger partial charge in [-0.05, 0) is 6.92 Å². The van der Waals surface area contributed by atoms with Crippen molar-refractivity contribution in [3.8, 4) is 0 Å². The molecule has 0 radical (unpaired) electrons. The first-order chi connectivity index (χ1) is 10.5. The Hall–Kier alpha value is -2.48. The van der Waals surface area contributed by atoms with Crippen molar-refractivity contribution in [1.29, 1.82) is 0 Å². The molecule has 1 N–H and O–H groups in total. The molecule has 0 aromatic carbocycles. The molecule has 0 bridgehead atoms. The SMILES string of the molecule is Cc1cc(=O)[nH]c([C@@H]2CN(C(=O)c3nccn3C)CCO2)n1. The highest BCUT2D eigenvalue weighted by Gasteiger charge is 2.29. The van der Waals surface area contributed by atoms with Crippen LogP contribution >= 0.6 is 0 Å². The van der Waals surface area contributed by atoms with E-state index in [0.29, 0.717) is 37.0 Å². The lowest BCUT2D eigenvalue weighted by Crippen LogP contribution is -2.43. The normalized spacial score (nSPS) is 18.5. The lowest BCUT2D eigenvalue weighted by molar-refractivity contribution is -0.0274. The molecule has 8 heteroatoms. The number of aromatic amines is 1. The van der Waals surface area contributed by atoms with E-state index in [0.717, 1.165) is 0 Å². The molecule has 1 atom stereocenters. The summed E-state index contributed by atoms with van der Waals surface area (Å²) in [5, 5.41) is 0. The van der Waals surface area contributed by atoms with Gasteiger partial charge in [-0.25, -0.2) is 9.97 Å². The van der Waals surface area contributed by atoms with E-state index in [1.165, 1.54) is 6.07 Å². The van der Waals surface area contributed by atoms with Crippen LogP contribution in [0.25, 0.3) is 0 Å². The third-order valence-corrected chi connectivity index (χ3v) is 3.56. The summed E-state index contributed by atoms with van der Waals surface area (Å²) >= 11 is 0. The molecule has 0 saturated carbocycles. The van der Waals surface area contributed by atoms with Gasteiger partial charge in [-0.2, -0.15) is 0 Å². The number of nitrogens with zero attached hydrogens (tertiary/aromatic N) is 4. The zero-order valence-corrected chi connectivity index (χ0v) is 12.4. The number of H-pyrrole nitrogens is 1. The van der Waals surface area contributed by atoms with Crippen molar-refractivity contribution in [1.82, 2.24) is 24.4 Å². The highest BCUT2D eigenvalue weighted by Crippen LogP contribution is 2.19. The van der Waals surface area contributed by atoms with Crippen LogP contribution in [0.5, 0.6) is 0 Å². The smallest absolute Gasteiger partial charge is 0.290 e. The number of ether oxygens (including phenoxy) is 1. The standard InChI is InChI=1S/C14H17N5O3/c1-9-7-11(20)17-12(16-9)10-8-19(5-6-22-10)14(21)13-15-3-4-18(13)2/h3-4,7,10H,5-6,8H2,1-2H3,(H,16,17,20)/t10-/m0/s1. The van der Waals surface area contributed by atoms with Crippen LogP contribution in [0.3, 0.4) is 0 Å². The van der Waals surface area contributed by atoms with Crippen LogP contribution in [-0.2, 0) is 11.8 Å². The summed E-state index contributed by atoms with van der Waals surface area (Å²) in [5.41, 5.74) is 0.397. The quantitative estimate of drug-likeness (QED) is 0.844. The summed E-state index contributed by atoms with van der Waals surface area (Å²) in [6.45, 7) is 2.95. The van der Waals surface area contributed by atoms with Gasteiger partial charge in [-0.15, -0.1) is 0 Å². The van der Waals surface area contributed by atoms with E-state index in [9.17, 15) is 9.59 Å². The molecule has 0 spiro atoms. The molecule has 116 valence electrons. The third kappa shape index (κ3) is 2.77. The summed E-state index contributed by atoms with van der Waals surface area (Å²) in [6.07, 6.45) is 2.88. The number of rotatable bonds is 2. The number of carbonyl (C=O) groups is 1. The molecule has 22 heavy (non-hydrogen) atoms. The summed E-state index contributed by atoms with van der Waals surface area (Å²) in [6, 6.07) is 1.42. The molecule has 0 aliphatic carbocycles. The van der Waals surface area contributed by atoms with Gasteiger partial charge in [0.2, 0.25) is 0 Å². The second-order valence-electron chi connectivity index (χ2n) is 5.24. The van der Waals surface area contributed by atoms with E-state index in [4.69, 9.17) is 4.74 Å². The maximum Gasteiger partial charge on any atom is 0.290 e. The first-order valence-electron chi connectivity index (χ1n) is 7.00. The summed E-state index contributed by atoms with van der Waals surface area (Å²) in [4.78, 5) is 36.7. The molecule has 1 saturated heterocycles. The first-order valence-corrected chi connectivity index (χ1v) is 7.00. The average Bonchev–Trinajstić information content (AvgIpc) is 2.92. The van der Waals surface area contributed by atoms with Crippen molar-refractivity contribution >= 4 is 5.91 Å². The Morgan fingerprint density at radius 2 is 2.32 bits per heavy atom. The van der Waals surface area contributed by atoms with E-state index in [1.54, 1.807) is 35.8 Å². The van der Waals surface area contributed by atoms with Crippen molar-refractivity contribution in [2.75, 3.05) is 19.7 Å². The fourth-order valence-corrected chi connectivity index (χ4v) is 2.47. The number of amides is 1. The summed E-state index contributed by atoms with van der Waals surface area (Å²) in [7, 11) is 1.78. The lowest BCUT2D eigenvalue weighted by Gasteiger charge is -2.32. The predicted molar refractivity (Wildman–Crippen MR) is 77.4 cm³/mol. The van der Waals surface area contributed by atoms with Crippen LogP contribution in [-0.4, -0.2) is 50.0 Å². The van der Waals surface area contributed by atoms with Crippen LogP contribution in [0.15, 0.2) is 23.3 Å². The summed E-state index contributed by atoms with van der Waals surface area (Å²) < 4.78 is 7.33. The van der Waals surface area contributed by atoms with Crippen molar-refractivity contribution < 1.29 is 9.53 Å². The number of carbonyl (C=O) groups excluding carboxylic acids is 1. The summed E-state index contributed by atoms with van der Waals surface area (Å²) in [5.74, 6) is 0.671. The van der Waals surface area contributed by atoms with Crippen molar-refractivity contribution in [3.63, 3.8) is 0 Å². The fraction of sp³-hybridized carbons (Fsp3) is 0.429. The molecule has 8 nitrogen and oxygen atoms in total. The van der Waals surface area contributed by atoms with Crippen LogP contribution in [0.1, 0.15) is 28.2 Å². The van der Waals surface area contributed by atoms with E-state index < -0.39 is 6.10 Å². The number of aromatic nitrogens is 4. The van der Waals surface area contributed by atoms with Gasteiger partial charge in [0.25, 0.3) is 11.5 Å². The lowest BCUT2D eigenvalue weighted by atomic mass is 10.2. The maximum atomic E-state index is 12.5. The Balaban J connectivity index is 1.81. The Kier molecular flexibility index (Phi) is 3.76. The molecule has 1 aliphatic heterocycles. The van der Waals surface area contributed by atoms with Gasteiger partial charge in [-0.1, -0.05) is 0 Å². The van der Waals surface area contributed by atoms with Crippen molar-refractivity contribution in [2.45, 2.75) is 13.0 Å². The van der Waals surface area contributed by atoms with Crippen LogP contribution in [0.4, 0.5) is 0 Å². The van der Waals surface area contributed by atoms with Crippen LogP contribution < -0.4 is 5.56 Å². The van der Waals surface area contributed by atoms with Crippen molar-refractivity contribution in [3.05, 3.63) is 46.2 Å². The minimum Gasteiger partial charge on any atom is -0.367 e. The third-order valence-electron chi connectivity index (χ3n) is 3.56. The van der Waals surface area contributed by atoms with Gasteiger partial charge in [0.05, 0.1) is 13.2 Å². The minimum absolute atomic E-state index is 0.157. The molecule has 3 heterocycles. The zero-order valence-electron chi connectivity index (χ0n) is 12.4. The van der Waals surface area contributed by atoms with Gasteiger partial charge >= 0.3 is 0 Å². The number of imidazole rings is 1. The topological polar surface area (TPSA) is 93.1 Å². The molecule has 0 unspecified atom stereocenters. The molecular weight excluding hydrogens is 286 g/mol. The number of nitrogens with one attached hydrogen (secondary N) is 1. The Bertz CT molecular complexity index is 751. The zero-order chi connectivity index (χ0) is 15.7. The Morgan fingerprint density at radius 3 is 3.00 bits per heavy atom. The van der Waals surface area contributed by atoms with Crippen LogP contribution in [0, 0.1) is 6.92 Å². The minimum atomic E-state index is -0.439. The van der Waals surface area contributed by atoms with Gasteiger partial charge in [0.1, 0.15) is 11.9 Å². The number of aryl methyl sites for hydroxylation is 2. The Labute approximate surface area is 126 Å². The van der Waals surface area contributed by atoms with E-state index >= 15 is 0 Å². The Morgan fingerprint density at radius 1 is 1.50 bits per heavy atom. The van der Waals surface area contributed by atoms with Crippen molar-refractivity contribution in [2.24, 2.45) is 7.05 Å². The monoisotopic (exact) mass is 303 g/mol. The van der Waals surface area contributed by atoms with E-state index in [1.807, 2.05) is 0 Å². The van der Waals surface area contributed by atoms with Gasteiger partial charge in [0.15, 0.2) is 5.82 Å². The molecular formula is C14H17N5O3. The average molecular weight is 303 g/mol. The van der Waals surface area contributed by atoms with Gasteiger partial charge in [-0.3, -0.25) is 9.59 Å². The molecule has 3 rings (SSSR count). The molecule has 1 fully saturated rings. The predicted octanol–water partition coefficient (Wildman–Crippen LogP) is 0.0255. The largest absolute Gasteiger partial charge is 0.367 e. The maximum absolute atomic E-state index is 12.5.